The zero-order chi connectivity index (χ0) is 16.1. The number of methoxy groups -OCH3 is 1. The molecular weight excluding hydrogens is 288 g/mol. The molecule has 1 saturated heterocycles. The zero-order valence-electron chi connectivity index (χ0n) is 12.4. The van der Waals surface area contributed by atoms with Crippen LogP contribution in [0.1, 0.15) is 6.92 Å². The number of hydrogen-bond donors (Lipinski definition) is 3. The maximum atomic E-state index is 12.0. The Labute approximate surface area is 127 Å². The molecule has 1 fully saturated rings. The van der Waals surface area contributed by atoms with Crippen molar-refractivity contribution in [2.75, 3.05) is 37.4 Å². The smallest absolute Gasteiger partial charge is 0.324 e. The Hall–Kier alpha value is -2.77. The van der Waals surface area contributed by atoms with Crippen LogP contribution in [-0.4, -0.2) is 49.5 Å². The summed E-state index contributed by atoms with van der Waals surface area (Å²) in [5.41, 5.74) is 1.14. The highest BCUT2D eigenvalue weighted by molar-refractivity contribution is 5.97. The van der Waals surface area contributed by atoms with E-state index in [4.69, 9.17) is 4.74 Å². The molecule has 0 unspecified atom stereocenters. The number of carbonyl (C=O) groups is 3. The molecule has 22 heavy (non-hydrogen) atoms. The first-order valence-electron chi connectivity index (χ1n) is 6.79. The average Bonchev–Trinajstić information content (AvgIpc) is 2.90. The summed E-state index contributed by atoms with van der Waals surface area (Å²) in [5.74, 6) is 0.00990. The van der Waals surface area contributed by atoms with Gasteiger partial charge in [-0.1, -0.05) is 0 Å². The first kappa shape index (κ1) is 15.6. The van der Waals surface area contributed by atoms with Crippen molar-refractivity contribution in [2.24, 2.45) is 0 Å². The lowest BCUT2D eigenvalue weighted by atomic mass is 10.2. The van der Waals surface area contributed by atoms with Crippen molar-refractivity contribution in [1.29, 1.82) is 0 Å². The third-order valence-corrected chi connectivity index (χ3v) is 3.11. The minimum absolute atomic E-state index is 0.0483. The van der Waals surface area contributed by atoms with Crippen LogP contribution >= 0.6 is 0 Å². The van der Waals surface area contributed by atoms with E-state index in [0.717, 1.165) is 4.90 Å². The van der Waals surface area contributed by atoms with Crippen LogP contribution < -0.4 is 20.7 Å². The van der Waals surface area contributed by atoms with Gasteiger partial charge in [-0.15, -0.1) is 0 Å². The van der Waals surface area contributed by atoms with Gasteiger partial charge in [0.2, 0.25) is 11.8 Å². The molecule has 1 aromatic rings. The summed E-state index contributed by atoms with van der Waals surface area (Å²) in [4.78, 5) is 35.6. The summed E-state index contributed by atoms with van der Waals surface area (Å²) < 4.78 is 5.20. The van der Waals surface area contributed by atoms with Crippen LogP contribution in [0.25, 0.3) is 0 Å². The van der Waals surface area contributed by atoms with Crippen LogP contribution in [-0.2, 0) is 9.59 Å². The minimum atomic E-state index is -0.384. The summed E-state index contributed by atoms with van der Waals surface area (Å²) in [5, 5.41) is 8.15. The van der Waals surface area contributed by atoms with Crippen molar-refractivity contribution in [1.82, 2.24) is 10.2 Å². The summed E-state index contributed by atoms with van der Waals surface area (Å²) in [6, 6.07) is 4.66. The molecule has 0 spiro atoms. The van der Waals surface area contributed by atoms with Gasteiger partial charge in [0.25, 0.3) is 0 Å². The number of rotatable bonds is 5. The fourth-order valence-electron chi connectivity index (χ4n) is 2.10. The number of anilines is 2. The van der Waals surface area contributed by atoms with Crippen LogP contribution in [0.5, 0.6) is 5.75 Å². The number of ether oxygens (including phenoxy) is 1. The SMILES string of the molecule is COc1ccc(NC(C)=O)cc1NCC(=O)N1CCNC1=O. The second-order valence-corrected chi connectivity index (χ2v) is 4.73. The Morgan fingerprint density at radius 1 is 1.41 bits per heavy atom. The molecule has 0 radical (unpaired) electrons. The van der Waals surface area contributed by atoms with Gasteiger partial charge < -0.3 is 20.7 Å². The molecule has 0 atom stereocenters. The van der Waals surface area contributed by atoms with E-state index in [2.05, 4.69) is 16.0 Å². The summed E-state index contributed by atoms with van der Waals surface area (Å²) in [6.45, 7) is 2.19. The number of hydrogen-bond acceptors (Lipinski definition) is 5. The van der Waals surface area contributed by atoms with Crippen LogP contribution in [0.15, 0.2) is 18.2 Å². The Balaban J connectivity index is 2.05. The molecule has 8 nitrogen and oxygen atoms in total. The van der Waals surface area contributed by atoms with E-state index in [0.29, 0.717) is 30.2 Å². The molecule has 1 aromatic carbocycles. The molecule has 0 aliphatic carbocycles. The van der Waals surface area contributed by atoms with Gasteiger partial charge in [-0.2, -0.15) is 0 Å². The maximum Gasteiger partial charge on any atom is 0.324 e. The van der Waals surface area contributed by atoms with Crippen LogP contribution in [0.4, 0.5) is 16.2 Å². The molecule has 1 heterocycles. The third-order valence-electron chi connectivity index (χ3n) is 3.11. The number of urea groups is 1. The van der Waals surface area contributed by atoms with Crippen molar-refractivity contribution in [3.63, 3.8) is 0 Å². The molecule has 1 aliphatic rings. The van der Waals surface area contributed by atoms with Crippen molar-refractivity contribution in [3.8, 4) is 5.75 Å². The lowest BCUT2D eigenvalue weighted by Gasteiger charge is -2.15. The first-order chi connectivity index (χ1) is 10.5. The van der Waals surface area contributed by atoms with Gasteiger partial charge in [0.05, 0.1) is 19.3 Å². The third kappa shape index (κ3) is 3.66. The van der Waals surface area contributed by atoms with E-state index in [1.165, 1.54) is 14.0 Å². The molecule has 0 saturated carbocycles. The maximum absolute atomic E-state index is 12.0. The molecule has 3 N–H and O–H groups in total. The highest BCUT2D eigenvalue weighted by Gasteiger charge is 2.25. The molecule has 0 bridgehead atoms. The van der Waals surface area contributed by atoms with Gasteiger partial charge in [-0.25, -0.2) is 4.79 Å². The summed E-state index contributed by atoms with van der Waals surface area (Å²) in [6.07, 6.45) is 0. The fraction of sp³-hybridized carbons (Fsp3) is 0.357. The molecule has 8 heteroatoms. The topological polar surface area (TPSA) is 99.8 Å². The normalized spacial score (nSPS) is 13.5. The quantitative estimate of drug-likeness (QED) is 0.740. The number of nitrogens with one attached hydrogen (secondary N) is 3. The van der Waals surface area contributed by atoms with Gasteiger partial charge in [0.1, 0.15) is 5.75 Å². The highest BCUT2D eigenvalue weighted by Crippen LogP contribution is 2.27. The lowest BCUT2D eigenvalue weighted by molar-refractivity contribution is -0.125. The number of amides is 4. The first-order valence-corrected chi connectivity index (χ1v) is 6.79. The van der Waals surface area contributed by atoms with Crippen LogP contribution in [0, 0.1) is 0 Å². The predicted octanol–water partition coefficient (Wildman–Crippen LogP) is 0.617. The van der Waals surface area contributed by atoms with Crippen molar-refractivity contribution in [2.45, 2.75) is 6.92 Å². The van der Waals surface area contributed by atoms with Crippen molar-refractivity contribution < 1.29 is 19.1 Å². The second kappa shape index (κ2) is 6.79. The van der Waals surface area contributed by atoms with Gasteiger partial charge in [0.15, 0.2) is 0 Å². The Kier molecular flexibility index (Phi) is 4.82. The van der Waals surface area contributed by atoms with E-state index >= 15 is 0 Å². The minimum Gasteiger partial charge on any atom is -0.495 e. The van der Waals surface area contributed by atoms with E-state index < -0.39 is 0 Å². The zero-order valence-corrected chi connectivity index (χ0v) is 12.4. The molecular formula is C14H18N4O4. The van der Waals surface area contributed by atoms with Gasteiger partial charge in [-0.3, -0.25) is 14.5 Å². The van der Waals surface area contributed by atoms with E-state index in [9.17, 15) is 14.4 Å². The van der Waals surface area contributed by atoms with Crippen molar-refractivity contribution in [3.05, 3.63) is 18.2 Å². The number of nitrogens with zero attached hydrogens (tertiary/aromatic N) is 1. The molecule has 4 amide bonds. The summed E-state index contributed by atoms with van der Waals surface area (Å²) in [7, 11) is 1.51. The molecule has 0 aromatic heterocycles. The Morgan fingerprint density at radius 3 is 2.77 bits per heavy atom. The largest absolute Gasteiger partial charge is 0.495 e. The predicted molar refractivity (Wildman–Crippen MR) is 80.9 cm³/mol. The monoisotopic (exact) mass is 306 g/mol. The van der Waals surface area contributed by atoms with Crippen molar-refractivity contribution >= 4 is 29.2 Å². The van der Waals surface area contributed by atoms with Crippen LogP contribution in [0.2, 0.25) is 0 Å². The molecule has 118 valence electrons. The van der Waals surface area contributed by atoms with Crippen LogP contribution in [0.3, 0.4) is 0 Å². The standard InChI is InChI=1S/C14H18N4O4/c1-9(19)17-10-3-4-12(22-2)11(7-10)16-8-13(20)18-6-5-15-14(18)21/h3-4,7,16H,5-6,8H2,1-2H3,(H,15,21)(H,17,19). The Bertz CT molecular complexity index is 603. The van der Waals surface area contributed by atoms with Gasteiger partial charge in [-0.05, 0) is 18.2 Å². The average molecular weight is 306 g/mol. The lowest BCUT2D eigenvalue weighted by Crippen LogP contribution is -2.38. The van der Waals surface area contributed by atoms with E-state index in [1.54, 1.807) is 18.2 Å². The van der Waals surface area contributed by atoms with E-state index in [-0.39, 0.29) is 24.4 Å². The fourth-order valence-corrected chi connectivity index (χ4v) is 2.10. The second-order valence-electron chi connectivity index (χ2n) is 4.73. The number of benzene rings is 1. The van der Waals surface area contributed by atoms with Gasteiger partial charge >= 0.3 is 6.03 Å². The number of carbonyl (C=O) groups excluding carboxylic acids is 3. The summed E-state index contributed by atoms with van der Waals surface area (Å²) >= 11 is 0. The number of imide groups is 1. The molecule has 1 aliphatic heterocycles. The van der Waals surface area contributed by atoms with E-state index in [1.807, 2.05) is 0 Å². The molecule has 2 rings (SSSR count). The van der Waals surface area contributed by atoms with Gasteiger partial charge in [0, 0.05) is 25.7 Å². The Morgan fingerprint density at radius 2 is 2.18 bits per heavy atom. The highest BCUT2D eigenvalue weighted by atomic mass is 16.5.